The Morgan fingerprint density at radius 1 is 1.09 bits per heavy atom. The van der Waals surface area contributed by atoms with Crippen LogP contribution in [0.4, 0.5) is 13.2 Å². The maximum atomic E-state index is 12.9. The van der Waals surface area contributed by atoms with Crippen molar-refractivity contribution < 1.29 is 36.2 Å². The molecule has 0 radical (unpaired) electrons. The average molecular weight is 482 g/mol. The van der Waals surface area contributed by atoms with Crippen molar-refractivity contribution in [1.82, 2.24) is 9.47 Å². The maximum absolute atomic E-state index is 12.9. The van der Waals surface area contributed by atoms with Crippen molar-refractivity contribution in [2.24, 2.45) is 0 Å². The van der Waals surface area contributed by atoms with Crippen LogP contribution in [0.15, 0.2) is 48.7 Å². The summed E-state index contributed by atoms with van der Waals surface area (Å²) >= 11 is -2.31. The Morgan fingerprint density at radius 2 is 1.82 bits per heavy atom. The smallest absolute Gasteiger partial charge is 0.487 e. The van der Waals surface area contributed by atoms with Gasteiger partial charge in [0.15, 0.2) is 16.8 Å². The van der Waals surface area contributed by atoms with Gasteiger partial charge in [-0.1, -0.05) is 36.4 Å². The Labute approximate surface area is 190 Å². The lowest BCUT2D eigenvalue weighted by Crippen LogP contribution is -2.36. The van der Waals surface area contributed by atoms with Crippen molar-refractivity contribution in [2.75, 3.05) is 13.1 Å². The average Bonchev–Trinajstić information content (AvgIpc) is 3.07. The lowest BCUT2D eigenvalue weighted by molar-refractivity contribution is -0.189. The second-order valence-electron chi connectivity index (χ2n) is 7.65. The zero-order chi connectivity index (χ0) is 23.6. The van der Waals surface area contributed by atoms with E-state index >= 15 is 0 Å². The molecule has 1 saturated heterocycles. The third-order valence-corrected chi connectivity index (χ3v) is 5.80. The molecule has 1 N–H and O–H groups in total. The third kappa shape index (κ3) is 5.37. The fourth-order valence-electron chi connectivity index (χ4n) is 3.66. The van der Waals surface area contributed by atoms with Crippen LogP contribution in [0.1, 0.15) is 17.5 Å². The van der Waals surface area contributed by atoms with Crippen molar-refractivity contribution in [3.05, 3.63) is 59.8 Å². The number of aromatic nitrogens is 1. The number of likely N-dealkylation sites (tertiary alicyclic amines) is 1. The van der Waals surface area contributed by atoms with E-state index < -0.39 is 29.1 Å². The summed E-state index contributed by atoms with van der Waals surface area (Å²) in [6, 6.07) is 12.6. The largest absolute Gasteiger partial charge is 0.491 e. The van der Waals surface area contributed by atoms with Crippen LogP contribution in [0.25, 0.3) is 10.9 Å². The molecule has 0 amide bonds. The molecule has 1 unspecified atom stereocenters. The van der Waals surface area contributed by atoms with Crippen LogP contribution in [0, 0.1) is 0 Å². The van der Waals surface area contributed by atoms with E-state index in [0.29, 0.717) is 17.9 Å². The number of carbonyl (C=O) groups is 1. The number of ether oxygens (including phenoxy) is 2. The number of hydrogen-bond acceptors (Lipinski definition) is 5. The molecule has 1 atom stereocenters. The molecule has 0 bridgehead atoms. The van der Waals surface area contributed by atoms with Gasteiger partial charge < -0.3 is 18.6 Å². The highest BCUT2D eigenvalue weighted by Gasteiger charge is 2.42. The van der Waals surface area contributed by atoms with Crippen LogP contribution in [-0.4, -0.2) is 43.5 Å². The van der Waals surface area contributed by atoms with Gasteiger partial charge in [-0.25, -0.2) is 9.00 Å². The summed E-state index contributed by atoms with van der Waals surface area (Å²) < 4.78 is 71.7. The maximum Gasteiger partial charge on any atom is 0.491 e. The minimum atomic E-state index is -5.19. The van der Waals surface area contributed by atoms with Crippen molar-refractivity contribution in [3.63, 3.8) is 0 Å². The third-order valence-electron chi connectivity index (χ3n) is 5.30. The highest BCUT2D eigenvalue weighted by atomic mass is 32.2. The zero-order valence-electron chi connectivity index (χ0n) is 17.4. The number of esters is 1. The Kier molecular flexibility index (Phi) is 6.73. The van der Waals surface area contributed by atoms with E-state index in [9.17, 15) is 26.7 Å². The summed E-state index contributed by atoms with van der Waals surface area (Å²) in [7, 11) is 0. The van der Waals surface area contributed by atoms with Gasteiger partial charge >= 0.3 is 12.1 Å². The first-order valence-corrected chi connectivity index (χ1v) is 11.4. The summed E-state index contributed by atoms with van der Waals surface area (Å²) in [5.41, 5.74) is 1.78. The van der Waals surface area contributed by atoms with Crippen LogP contribution in [-0.2, 0) is 34.9 Å². The van der Waals surface area contributed by atoms with E-state index in [1.165, 1.54) is 4.57 Å². The molecule has 3 aromatic rings. The van der Waals surface area contributed by atoms with Gasteiger partial charge in [-0.2, -0.15) is 13.2 Å². The molecule has 0 saturated carbocycles. The number of fused-ring (bicyclic) bond motifs is 1. The first kappa shape index (κ1) is 23.3. The van der Waals surface area contributed by atoms with E-state index in [-0.39, 0.29) is 23.3 Å². The lowest BCUT2D eigenvalue weighted by atomic mass is 10.1. The summed E-state index contributed by atoms with van der Waals surface area (Å²) in [6.07, 6.45) is -3.04. The van der Waals surface area contributed by atoms with Gasteiger partial charge in [-0.05, 0) is 36.7 Å². The number of hydrogen-bond donors (Lipinski definition) is 1. The predicted octanol–water partition coefficient (Wildman–Crippen LogP) is 4.07. The highest BCUT2D eigenvalue weighted by Crippen LogP contribution is 2.39. The number of nitrogens with zero attached hydrogens (tertiary/aromatic N) is 2. The van der Waals surface area contributed by atoms with Gasteiger partial charge in [0.1, 0.15) is 18.2 Å². The fraction of sp³-hybridized carbons (Fsp3) is 0.318. The SMILES string of the molecule is O=C(Oc1cn(CS(=O)O)c2c(OCc3ccccc3)ccc(CN3CCC3)c12)C(F)(F)F. The number of benzene rings is 2. The van der Waals surface area contributed by atoms with Gasteiger partial charge in [-0.15, -0.1) is 0 Å². The summed E-state index contributed by atoms with van der Waals surface area (Å²) in [6.45, 7) is 2.28. The Hall–Kier alpha value is -2.89. The Bertz CT molecular complexity index is 1180. The minimum absolute atomic E-state index is 0.173. The highest BCUT2D eigenvalue weighted by molar-refractivity contribution is 7.78. The molecule has 1 fully saturated rings. The van der Waals surface area contributed by atoms with Gasteiger partial charge in [0.2, 0.25) is 0 Å². The van der Waals surface area contributed by atoms with Crippen LogP contribution in [0.2, 0.25) is 0 Å². The Morgan fingerprint density at radius 3 is 2.42 bits per heavy atom. The summed E-state index contributed by atoms with van der Waals surface area (Å²) in [5.74, 6) is -2.84. The number of rotatable bonds is 8. The molecule has 176 valence electrons. The molecule has 2 heterocycles. The van der Waals surface area contributed by atoms with Crippen LogP contribution in [0.5, 0.6) is 11.5 Å². The topological polar surface area (TPSA) is 81.0 Å². The van der Waals surface area contributed by atoms with E-state index in [4.69, 9.17) is 9.47 Å². The van der Waals surface area contributed by atoms with Gasteiger partial charge in [-0.3, -0.25) is 4.90 Å². The van der Waals surface area contributed by atoms with Crippen molar-refractivity contribution in [1.29, 1.82) is 0 Å². The summed E-state index contributed by atoms with van der Waals surface area (Å²) in [5, 5.41) is 0.246. The number of carbonyl (C=O) groups excluding carboxylic acids is 1. The van der Waals surface area contributed by atoms with E-state index in [1.807, 2.05) is 30.3 Å². The molecular formula is C22H21F3N2O5S. The second kappa shape index (κ2) is 9.54. The molecule has 0 aliphatic carbocycles. The van der Waals surface area contributed by atoms with E-state index in [0.717, 1.165) is 31.3 Å². The molecule has 11 heteroatoms. The quantitative estimate of drug-likeness (QED) is 0.385. The van der Waals surface area contributed by atoms with E-state index in [2.05, 4.69) is 4.90 Å². The number of alkyl halides is 3. The molecule has 1 aromatic heterocycles. The first-order valence-electron chi connectivity index (χ1n) is 10.1. The Balaban J connectivity index is 1.80. The first-order chi connectivity index (χ1) is 15.7. The lowest BCUT2D eigenvalue weighted by Gasteiger charge is -2.31. The van der Waals surface area contributed by atoms with Gasteiger partial charge in [0, 0.05) is 12.7 Å². The molecule has 4 rings (SSSR count). The monoisotopic (exact) mass is 482 g/mol. The van der Waals surface area contributed by atoms with E-state index in [1.54, 1.807) is 12.1 Å². The van der Waals surface area contributed by atoms with Crippen LogP contribution in [0.3, 0.4) is 0 Å². The van der Waals surface area contributed by atoms with Gasteiger partial charge in [0.25, 0.3) is 0 Å². The van der Waals surface area contributed by atoms with Crippen LogP contribution < -0.4 is 9.47 Å². The van der Waals surface area contributed by atoms with Crippen molar-refractivity contribution in [2.45, 2.75) is 31.6 Å². The molecule has 1 aliphatic heterocycles. The second-order valence-corrected chi connectivity index (χ2v) is 8.55. The molecule has 1 aliphatic rings. The molecular weight excluding hydrogens is 461 g/mol. The summed E-state index contributed by atoms with van der Waals surface area (Å²) in [4.78, 5) is 13.7. The molecule has 0 spiro atoms. The van der Waals surface area contributed by atoms with Crippen LogP contribution >= 0.6 is 0 Å². The standard InChI is InChI=1S/C22H21F3N2O5S/c23-22(24,25)21(28)32-18-12-27(14-33(29)30)20-17(31-13-15-5-2-1-3-6-15)8-7-16(19(18)20)11-26-9-4-10-26/h1-3,5-8,12H,4,9-11,13-14H2,(H,29,30). The van der Waals surface area contributed by atoms with Gasteiger partial charge in [0.05, 0.1) is 10.9 Å². The zero-order valence-corrected chi connectivity index (χ0v) is 18.2. The minimum Gasteiger partial charge on any atom is -0.487 e. The normalized spacial score (nSPS) is 15.3. The predicted molar refractivity (Wildman–Crippen MR) is 115 cm³/mol. The van der Waals surface area contributed by atoms with Crippen molar-refractivity contribution in [3.8, 4) is 11.5 Å². The molecule has 2 aromatic carbocycles. The number of halogens is 3. The molecule has 33 heavy (non-hydrogen) atoms. The molecule has 7 nitrogen and oxygen atoms in total. The fourth-order valence-corrected chi connectivity index (χ4v) is 4.11. The van der Waals surface area contributed by atoms with Crippen molar-refractivity contribution >= 4 is 28.0 Å².